The maximum atomic E-state index is 14.5. The number of amides is 1. The highest BCUT2D eigenvalue weighted by atomic mass is 16.6. The van der Waals surface area contributed by atoms with E-state index in [1.165, 1.54) is 12.0 Å². The number of piperidine rings is 1. The molecule has 68 heavy (non-hydrogen) atoms. The molecule has 2 saturated heterocycles. The molecule has 0 radical (unpaired) electrons. The standard InChI is InChI=1S/C53H83NO14/c1-32-16-12-11-13-17-33(2)44(63-8)30-40-21-19-38(7)53(62,68-40)50(59)51(60)54-23-15-14-18-41(54)52(61)67-45(35(4)28-39-20-22-43(66-25-24-55)46(29-39)64-9)31-42(56)34(3)27-37(6)48(58)49(65-10)47(57)36(5)26-32/h11-13,16-17,27,32,34-36,38-41,43-46,48-49,55,58,62H,14-15,18-26,28-31H2,1-10H3/b13-11+,16-12+,33-17+,37-27+/t32-,34-,35?,36+,38+,39-,40?,41?,43?,44+,45-,46+,48-,49?,53-/m0/s1. The van der Waals surface area contributed by atoms with Crippen LogP contribution in [0.25, 0.3) is 0 Å². The zero-order valence-corrected chi connectivity index (χ0v) is 42.4. The van der Waals surface area contributed by atoms with Crippen molar-refractivity contribution in [3.8, 4) is 0 Å². The Kier molecular flexibility index (Phi) is 22.9. The topological polar surface area (TPSA) is 205 Å². The fourth-order valence-corrected chi connectivity index (χ4v) is 10.5. The van der Waals surface area contributed by atoms with Crippen molar-refractivity contribution in [2.24, 2.45) is 35.5 Å². The van der Waals surface area contributed by atoms with Crippen LogP contribution in [0.3, 0.4) is 0 Å². The normalized spacial score (nSPS) is 39.2. The summed E-state index contributed by atoms with van der Waals surface area (Å²) in [4.78, 5) is 72.1. The van der Waals surface area contributed by atoms with Crippen molar-refractivity contribution in [2.75, 3.05) is 41.1 Å². The van der Waals surface area contributed by atoms with E-state index < -0.39 is 77.8 Å². The molecule has 1 amide bonds. The number of esters is 1. The van der Waals surface area contributed by atoms with Gasteiger partial charge in [-0.2, -0.15) is 0 Å². The van der Waals surface area contributed by atoms with Crippen molar-refractivity contribution in [2.45, 2.75) is 180 Å². The minimum atomic E-state index is -2.43. The molecule has 4 aliphatic rings. The van der Waals surface area contributed by atoms with E-state index in [-0.39, 0.29) is 74.1 Å². The van der Waals surface area contributed by atoms with Crippen molar-refractivity contribution >= 4 is 29.2 Å². The van der Waals surface area contributed by atoms with Gasteiger partial charge in [-0.1, -0.05) is 71.1 Å². The molecule has 1 saturated carbocycles. The van der Waals surface area contributed by atoms with Gasteiger partial charge < -0.3 is 48.6 Å². The molecule has 3 heterocycles. The van der Waals surface area contributed by atoms with Crippen LogP contribution in [0.15, 0.2) is 47.6 Å². The van der Waals surface area contributed by atoms with Crippen LogP contribution >= 0.6 is 0 Å². The fourth-order valence-electron chi connectivity index (χ4n) is 10.5. The monoisotopic (exact) mass is 958 g/mol. The third-order valence-corrected chi connectivity index (χ3v) is 14.9. The molecule has 4 rings (SSSR count). The molecule has 2 bridgehead atoms. The molecule has 3 aliphatic heterocycles. The van der Waals surface area contributed by atoms with Crippen LogP contribution in [-0.4, -0.2) is 145 Å². The van der Waals surface area contributed by atoms with Crippen LogP contribution in [0.2, 0.25) is 0 Å². The average molecular weight is 958 g/mol. The van der Waals surface area contributed by atoms with E-state index in [9.17, 15) is 39.3 Å². The highest BCUT2D eigenvalue weighted by molar-refractivity contribution is 6.39. The van der Waals surface area contributed by atoms with Gasteiger partial charge >= 0.3 is 5.97 Å². The number of hydrogen-bond donors (Lipinski definition) is 3. The van der Waals surface area contributed by atoms with Crippen LogP contribution in [0.1, 0.15) is 126 Å². The first-order valence-electron chi connectivity index (χ1n) is 25.0. The third-order valence-electron chi connectivity index (χ3n) is 14.9. The maximum absolute atomic E-state index is 14.5. The smallest absolute Gasteiger partial charge is 0.329 e. The van der Waals surface area contributed by atoms with Crippen LogP contribution in [0.5, 0.6) is 0 Å². The molecular formula is C53H83NO14. The summed E-state index contributed by atoms with van der Waals surface area (Å²) < 4.78 is 35.6. The summed E-state index contributed by atoms with van der Waals surface area (Å²) in [5, 5.41) is 32.8. The Morgan fingerprint density at radius 2 is 1.59 bits per heavy atom. The van der Waals surface area contributed by atoms with Crippen molar-refractivity contribution in [3.63, 3.8) is 0 Å². The molecule has 1 aliphatic carbocycles. The van der Waals surface area contributed by atoms with Crippen LogP contribution in [-0.2, 0) is 52.4 Å². The Hall–Kier alpha value is -3.41. The van der Waals surface area contributed by atoms with Gasteiger partial charge in [0.25, 0.3) is 11.7 Å². The van der Waals surface area contributed by atoms with Crippen LogP contribution < -0.4 is 0 Å². The number of methoxy groups -OCH3 is 3. The van der Waals surface area contributed by atoms with Gasteiger partial charge in [-0.15, -0.1) is 0 Å². The van der Waals surface area contributed by atoms with E-state index >= 15 is 0 Å². The number of cyclic esters (lactones) is 1. The van der Waals surface area contributed by atoms with E-state index in [0.29, 0.717) is 63.4 Å². The predicted octanol–water partition coefficient (Wildman–Crippen LogP) is 6.20. The number of ketones is 3. The second-order valence-electron chi connectivity index (χ2n) is 20.2. The number of rotatable bonds is 9. The molecule has 0 aromatic rings. The first kappa shape index (κ1) is 57.2. The van der Waals surface area contributed by atoms with Crippen molar-refractivity contribution in [1.29, 1.82) is 0 Å². The SMILES string of the molecule is COC1C(=O)[C@H](C)C[C@@H](C)/C=C/C=C/C=C(\C)[C@H](OC)CC2CC[C@@H](C)[C@](O)(O2)C(=O)C(=O)N2CCCCC2C(=O)O[C@H](C(C)C[C@@H]2CCC(OCCO)[C@H](OC)C2)CC(=O)[C@@H](C)/C=C(\C)[C@@H]1O. The van der Waals surface area contributed by atoms with E-state index in [4.69, 9.17) is 28.4 Å². The number of aliphatic hydroxyl groups is 3. The quantitative estimate of drug-likeness (QED) is 0.134. The van der Waals surface area contributed by atoms with Gasteiger partial charge in [0, 0.05) is 58.5 Å². The number of hydrogen-bond acceptors (Lipinski definition) is 14. The van der Waals surface area contributed by atoms with Gasteiger partial charge in [-0.3, -0.25) is 19.2 Å². The highest BCUT2D eigenvalue weighted by Crippen LogP contribution is 2.38. The molecule has 15 heteroatoms. The van der Waals surface area contributed by atoms with Crippen molar-refractivity contribution in [3.05, 3.63) is 47.6 Å². The molecule has 0 spiro atoms. The number of ether oxygens (including phenoxy) is 6. The fraction of sp³-hybridized carbons (Fsp3) is 0.755. The molecule has 5 unspecified atom stereocenters. The highest BCUT2D eigenvalue weighted by Gasteiger charge is 2.53. The van der Waals surface area contributed by atoms with Gasteiger partial charge in [-0.05, 0) is 107 Å². The Morgan fingerprint density at radius 3 is 2.26 bits per heavy atom. The summed E-state index contributed by atoms with van der Waals surface area (Å²) in [6, 6.07) is -1.14. The van der Waals surface area contributed by atoms with Gasteiger partial charge in [0.1, 0.15) is 30.1 Å². The number of fused-ring (bicyclic) bond motifs is 3. The number of Topliss-reactive ketones (excluding diaryl/α,β-unsaturated/α-hetero) is 3. The van der Waals surface area contributed by atoms with Crippen LogP contribution in [0, 0.1) is 35.5 Å². The Morgan fingerprint density at radius 1 is 0.853 bits per heavy atom. The lowest BCUT2D eigenvalue weighted by molar-refractivity contribution is -0.265. The van der Waals surface area contributed by atoms with Crippen molar-refractivity contribution in [1.82, 2.24) is 4.90 Å². The average Bonchev–Trinajstić information content (AvgIpc) is 3.32. The van der Waals surface area contributed by atoms with Gasteiger partial charge in [0.2, 0.25) is 5.79 Å². The van der Waals surface area contributed by atoms with Crippen molar-refractivity contribution < 1.29 is 67.7 Å². The van der Waals surface area contributed by atoms with E-state index in [2.05, 4.69) is 0 Å². The Labute approximate surface area is 405 Å². The van der Waals surface area contributed by atoms with Gasteiger partial charge in [0.05, 0.1) is 37.6 Å². The molecule has 384 valence electrons. The lowest BCUT2D eigenvalue weighted by Gasteiger charge is -2.42. The Balaban J connectivity index is 1.70. The zero-order valence-electron chi connectivity index (χ0n) is 42.4. The number of carbonyl (C=O) groups is 5. The van der Waals surface area contributed by atoms with Crippen LogP contribution in [0.4, 0.5) is 0 Å². The minimum absolute atomic E-state index is 0.0158. The summed E-state index contributed by atoms with van der Waals surface area (Å²) in [5.41, 5.74) is 1.26. The van der Waals surface area contributed by atoms with Gasteiger partial charge in [0.15, 0.2) is 5.78 Å². The number of aliphatic hydroxyl groups excluding tert-OH is 2. The second-order valence-corrected chi connectivity index (χ2v) is 20.2. The second kappa shape index (κ2) is 27.3. The molecule has 0 aromatic carbocycles. The lowest BCUT2D eigenvalue weighted by atomic mass is 9.78. The summed E-state index contributed by atoms with van der Waals surface area (Å²) in [6.45, 7) is 12.9. The number of allylic oxidation sites excluding steroid dienone is 6. The molecule has 0 aromatic heterocycles. The first-order valence-corrected chi connectivity index (χ1v) is 25.0. The third kappa shape index (κ3) is 15.3. The maximum Gasteiger partial charge on any atom is 0.329 e. The molecule has 15 nitrogen and oxygen atoms in total. The summed E-state index contributed by atoms with van der Waals surface area (Å²) in [5.74, 6) is -7.96. The summed E-state index contributed by atoms with van der Waals surface area (Å²) in [7, 11) is 4.58. The van der Waals surface area contributed by atoms with Gasteiger partial charge in [-0.25, -0.2) is 4.79 Å². The zero-order chi connectivity index (χ0) is 50.3. The van der Waals surface area contributed by atoms with E-state index in [1.807, 2.05) is 58.1 Å². The number of nitrogens with zero attached hydrogens (tertiary/aromatic N) is 1. The molecule has 3 fully saturated rings. The van der Waals surface area contributed by atoms with E-state index in [1.54, 1.807) is 41.1 Å². The lowest BCUT2D eigenvalue weighted by Crippen LogP contribution is -2.61. The minimum Gasteiger partial charge on any atom is -0.460 e. The molecule has 15 atom stereocenters. The largest absolute Gasteiger partial charge is 0.460 e. The Bertz CT molecular complexity index is 1810. The predicted molar refractivity (Wildman–Crippen MR) is 256 cm³/mol. The number of carbonyl (C=O) groups excluding carboxylic acids is 5. The van der Waals surface area contributed by atoms with E-state index in [0.717, 1.165) is 12.0 Å². The molecule has 3 N–H and O–H groups in total. The summed E-state index contributed by atoms with van der Waals surface area (Å²) >= 11 is 0. The molecular weight excluding hydrogens is 875 g/mol. The first-order chi connectivity index (χ1) is 32.3. The summed E-state index contributed by atoms with van der Waals surface area (Å²) in [6.07, 6.45) is 12.0.